The van der Waals surface area contributed by atoms with E-state index in [1.54, 1.807) is 0 Å². The van der Waals surface area contributed by atoms with Crippen molar-refractivity contribution in [2.45, 2.75) is 58.3 Å². The number of hydrogen-bond acceptors (Lipinski definition) is 2. The van der Waals surface area contributed by atoms with Crippen LogP contribution in [0, 0.1) is 0 Å². The quantitative estimate of drug-likeness (QED) is 0.328. The number of rotatable bonds is 9. The van der Waals surface area contributed by atoms with Crippen LogP contribution in [0.3, 0.4) is 0 Å². The van der Waals surface area contributed by atoms with E-state index in [1.165, 1.54) is 32.1 Å². The lowest BCUT2D eigenvalue weighted by molar-refractivity contribution is -0.134. The van der Waals surface area contributed by atoms with Gasteiger partial charge in [-0.25, -0.2) is 0 Å². The highest BCUT2D eigenvalue weighted by molar-refractivity contribution is 5.84. The number of carbonyl (C=O) groups excluding carboxylic acids is 1. The summed E-state index contributed by atoms with van der Waals surface area (Å²) in [6, 6.07) is 13.9. The van der Waals surface area contributed by atoms with Crippen LogP contribution in [-0.4, -0.2) is 5.97 Å². The summed E-state index contributed by atoms with van der Waals surface area (Å²) in [7, 11) is 0. The third kappa shape index (κ3) is 5.51. The minimum absolute atomic E-state index is 0.121. The van der Waals surface area contributed by atoms with E-state index < -0.39 is 0 Å². The van der Waals surface area contributed by atoms with Crippen LogP contribution in [0.1, 0.15) is 58.3 Å². The van der Waals surface area contributed by atoms with Crippen LogP contribution in [0.2, 0.25) is 0 Å². The molecular formula is C20H26O2. The Hall–Kier alpha value is -1.83. The zero-order chi connectivity index (χ0) is 15.6. The first kappa shape index (κ1) is 16.5. The maximum Gasteiger partial charge on any atom is 0.311 e. The average molecular weight is 298 g/mol. The molecule has 22 heavy (non-hydrogen) atoms. The largest absolute Gasteiger partial charge is 0.427 e. The Kier molecular flexibility index (Phi) is 6.95. The summed E-state index contributed by atoms with van der Waals surface area (Å²) in [6.07, 6.45) is 8.99. The molecule has 0 amide bonds. The van der Waals surface area contributed by atoms with E-state index >= 15 is 0 Å². The van der Waals surface area contributed by atoms with Crippen molar-refractivity contribution < 1.29 is 9.53 Å². The van der Waals surface area contributed by atoms with Gasteiger partial charge in [0.05, 0.1) is 0 Å². The van der Waals surface area contributed by atoms with Gasteiger partial charge in [0.1, 0.15) is 5.75 Å². The van der Waals surface area contributed by atoms with Gasteiger partial charge in [-0.2, -0.15) is 0 Å². The molecule has 0 atom stereocenters. The summed E-state index contributed by atoms with van der Waals surface area (Å²) >= 11 is 0. The molecule has 0 fully saturated rings. The number of benzene rings is 2. The van der Waals surface area contributed by atoms with E-state index in [4.69, 9.17) is 4.74 Å². The number of esters is 1. The molecule has 0 aliphatic carbocycles. The third-order valence-electron chi connectivity index (χ3n) is 3.94. The average Bonchev–Trinajstić information content (AvgIpc) is 2.54. The zero-order valence-corrected chi connectivity index (χ0v) is 13.5. The zero-order valence-electron chi connectivity index (χ0n) is 13.5. The summed E-state index contributed by atoms with van der Waals surface area (Å²) in [6.45, 7) is 2.22. The first-order valence-corrected chi connectivity index (χ1v) is 8.49. The Morgan fingerprint density at radius 1 is 0.864 bits per heavy atom. The first-order chi connectivity index (χ1) is 10.8. The van der Waals surface area contributed by atoms with Crippen molar-refractivity contribution in [2.75, 3.05) is 0 Å². The fraction of sp³-hybridized carbons (Fsp3) is 0.450. The Labute approximate surface area is 133 Å². The van der Waals surface area contributed by atoms with E-state index in [9.17, 15) is 4.79 Å². The second-order valence-electron chi connectivity index (χ2n) is 5.85. The van der Waals surface area contributed by atoms with Gasteiger partial charge in [-0.15, -0.1) is 0 Å². The second-order valence-corrected chi connectivity index (χ2v) is 5.85. The SMILES string of the molecule is CCCCCCCCCC(=O)Oc1ccc2ccccc2c1. The molecule has 0 radical (unpaired) electrons. The van der Waals surface area contributed by atoms with Crippen molar-refractivity contribution in [2.24, 2.45) is 0 Å². The maximum atomic E-state index is 11.9. The minimum atomic E-state index is -0.121. The van der Waals surface area contributed by atoms with Crippen LogP contribution in [-0.2, 0) is 4.79 Å². The molecule has 0 heterocycles. The van der Waals surface area contributed by atoms with Crippen molar-refractivity contribution in [3.63, 3.8) is 0 Å². The third-order valence-corrected chi connectivity index (χ3v) is 3.94. The molecule has 0 bridgehead atoms. The molecule has 0 saturated heterocycles. The van der Waals surface area contributed by atoms with Gasteiger partial charge < -0.3 is 4.74 Å². The van der Waals surface area contributed by atoms with Crippen LogP contribution in [0.4, 0.5) is 0 Å². The minimum Gasteiger partial charge on any atom is -0.427 e. The Morgan fingerprint density at radius 3 is 2.32 bits per heavy atom. The van der Waals surface area contributed by atoms with Crippen molar-refractivity contribution in [1.29, 1.82) is 0 Å². The summed E-state index contributed by atoms with van der Waals surface area (Å²) in [5.74, 6) is 0.524. The fourth-order valence-corrected chi connectivity index (χ4v) is 2.64. The smallest absolute Gasteiger partial charge is 0.311 e. The first-order valence-electron chi connectivity index (χ1n) is 8.49. The molecule has 0 aliphatic rings. The second kappa shape index (κ2) is 9.24. The number of ether oxygens (including phenoxy) is 1. The molecule has 2 rings (SSSR count). The molecule has 2 heteroatoms. The van der Waals surface area contributed by atoms with E-state index in [-0.39, 0.29) is 5.97 Å². The van der Waals surface area contributed by atoms with Crippen LogP contribution in [0.25, 0.3) is 10.8 Å². The topological polar surface area (TPSA) is 26.3 Å². The van der Waals surface area contributed by atoms with E-state index in [0.717, 1.165) is 23.6 Å². The van der Waals surface area contributed by atoms with Gasteiger partial charge in [-0.05, 0) is 29.3 Å². The molecule has 2 aromatic rings. The van der Waals surface area contributed by atoms with Gasteiger partial charge >= 0.3 is 5.97 Å². The van der Waals surface area contributed by atoms with Crippen LogP contribution in [0.15, 0.2) is 42.5 Å². The van der Waals surface area contributed by atoms with Gasteiger partial charge in [0, 0.05) is 6.42 Å². The molecule has 2 aromatic carbocycles. The Bertz CT molecular complexity index is 589. The van der Waals surface area contributed by atoms with E-state index in [1.807, 2.05) is 36.4 Å². The highest BCUT2D eigenvalue weighted by Gasteiger charge is 2.05. The summed E-state index contributed by atoms with van der Waals surface area (Å²) in [4.78, 5) is 11.9. The van der Waals surface area contributed by atoms with Crippen LogP contribution >= 0.6 is 0 Å². The standard InChI is InChI=1S/C20H26O2/c1-2-3-4-5-6-7-8-13-20(21)22-19-15-14-17-11-9-10-12-18(17)16-19/h9-12,14-16H,2-8,13H2,1H3. The van der Waals surface area contributed by atoms with Crippen LogP contribution in [0.5, 0.6) is 5.75 Å². The molecule has 118 valence electrons. The van der Waals surface area contributed by atoms with Crippen LogP contribution < -0.4 is 4.74 Å². The molecule has 0 aromatic heterocycles. The Morgan fingerprint density at radius 2 is 1.55 bits per heavy atom. The predicted octanol–water partition coefficient (Wildman–Crippen LogP) is 5.89. The molecule has 0 aliphatic heterocycles. The highest BCUT2D eigenvalue weighted by Crippen LogP contribution is 2.21. The van der Waals surface area contributed by atoms with Crippen molar-refractivity contribution in [3.05, 3.63) is 42.5 Å². The Balaban J connectivity index is 1.69. The van der Waals surface area contributed by atoms with Gasteiger partial charge in [0.25, 0.3) is 0 Å². The lowest BCUT2D eigenvalue weighted by atomic mass is 10.1. The van der Waals surface area contributed by atoms with Gasteiger partial charge in [-0.3, -0.25) is 4.79 Å². The fourth-order valence-electron chi connectivity index (χ4n) is 2.64. The molecule has 0 spiro atoms. The summed E-state index contributed by atoms with van der Waals surface area (Å²) in [5, 5.41) is 2.26. The monoisotopic (exact) mass is 298 g/mol. The number of unbranched alkanes of at least 4 members (excludes halogenated alkanes) is 6. The maximum absolute atomic E-state index is 11.9. The van der Waals surface area contributed by atoms with Gasteiger partial charge in [-0.1, -0.05) is 75.8 Å². The molecular weight excluding hydrogens is 272 g/mol. The normalized spacial score (nSPS) is 10.8. The highest BCUT2D eigenvalue weighted by atomic mass is 16.5. The van der Waals surface area contributed by atoms with Crippen molar-refractivity contribution in [1.82, 2.24) is 0 Å². The number of carbonyl (C=O) groups is 1. The lowest BCUT2D eigenvalue weighted by Gasteiger charge is -2.06. The van der Waals surface area contributed by atoms with E-state index in [0.29, 0.717) is 12.2 Å². The van der Waals surface area contributed by atoms with Gasteiger partial charge in [0.15, 0.2) is 0 Å². The van der Waals surface area contributed by atoms with Crippen molar-refractivity contribution >= 4 is 16.7 Å². The molecule has 2 nitrogen and oxygen atoms in total. The van der Waals surface area contributed by atoms with Gasteiger partial charge in [0.2, 0.25) is 0 Å². The number of hydrogen-bond donors (Lipinski definition) is 0. The lowest BCUT2D eigenvalue weighted by Crippen LogP contribution is -2.07. The van der Waals surface area contributed by atoms with Crippen molar-refractivity contribution in [3.8, 4) is 5.75 Å². The molecule has 0 unspecified atom stereocenters. The molecule has 0 saturated carbocycles. The summed E-state index contributed by atoms with van der Waals surface area (Å²) < 4.78 is 5.43. The number of fused-ring (bicyclic) bond motifs is 1. The summed E-state index contributed by atoms with van der Waals surface area (Å²) in [5.41, 5.74) is 0. The predicted molar refractivity (Wildman–Crippen MR) is 92.2 cm³/mol. The molecule has 0 N–H and O–H groups in total. The van der Waals surface area contributed by atoms with E-state index in [2.05, 4.69) is 13.0 Å².